The highest BCUT2D eigenvalue weighted by Crippen LogP contribution is 2.69. The Kier molecular flexibility index (Phi) is 7.57. The van der Waals surface area contributed by atoms with Crippen molar-refractivity contribution in [1.29, 1.82) is 0 Å². The van der Waals surface area contributed by atoms with Gasteiger partial charge in [0.15, 0.2) is 0 Å². The topological polar surface area (TPSA) is 115 Å². The van der Waals surface area contributed by atoms with E-state index in [2.05, 4.69) is 27.7 Å². The quantitative estimate of drug-likeness (QED) is 0.306. The molecule has 4 saturated carbocycles. The lowest BCUT2D eigenvalue weighted by molar-refractivity contribution is -0.228. The summed E-state index contributed by atoms with van der Waals surface area (Å²) < 4.78 is 31.1. The predicted molar refractivity (Wildman–Crippen MR) is 133 cm³/mol. The second-order valence-electron chi connectivity index (χ2n) is 13.0. The van der Waals surface area contributed by atoms with Crippen molar-refractivity contribution < 1.29 is 28.3 Å². The van der Waals surface area contributed by atoms with Gasteiger partial charge >= 0.3 is 0 Å². The molecule has 0 saturated heterocycles. The van der Waals surface area contributed by atoms with E-state index in [-0.39, 0.29) is 40.6 Å². The predicted octanol–water partition coefficient (Wildman–Crippen LogP) is 4.28. The highest BCUT2D eigenvalue weighted by molar-refractivity contribution is 7.85. The Bertz CT molecular complexity index is 831. The van der Waals surface area contributed by atoms with Crippen molar-refractivity contribution in [2.24, 2.45) is 52.3 Å². The van der Waals surface area contributed by atoms with Gasteiger partial charge < -0.3 is 15.3 Å². The molecule has 4 fully saturated rings. The zero-order valence-electron chi connectivity index (χ0n) is 21.6. The second-order valence-corrected chi connectivity index (χ2v) is 14.5. The average molecular weight is 501 g/mol. The summed E-state index contributed by atoms with van der Waals surface area (Å²) >= 11 is 0. The molecule has 4 rings (SSSR count). The monoisotopic (exact) mass is 500 g/mol. The lowest BCUT2D eigenvalue weighted by Crippen LogP contribution is -2.65. The third-order valence-electron chi connectivity index (χ3n) is 11.6. The van der Waals surface area contributed by atoms with Crippen LogP contribution in [0.15, 0.2) is 0 Å². The Morgan fingerprint density at radius 2 is 1.68 bits per heavy atom. The van der Waals surface area contributed by atoms with Crippen LogP contribution in [0.2, 0.25) is 0 Å². The standard InChI is InChI=1S/C27H48O6S/c1-5-18-21-14-17(28)11-12-26(21,3)22-15-23(29)27(4)19(9-10-20(27)24(22)25(18)30)16(2)8-6-7-13-34(31,32)33/h16-25,28-30H,5-15H2,1-4H3,(H,31,32,33)/t16-,17-,18-,19-,20?,21+,22?,23+,24?,25-,26+,27-/m1/s1. The number of fused-ring (bicyclic) bond motifs is 5. The molecule has 0 aromatic carbocycles. The first kappa shape index (κ1) is 26.8. The molecule has 4 N–H and O–H groups in total. The molecular weight excluding hydrogens is 452 g/mol. The van der Waals surface area contributed by atoms with Gasteiger partial charge in [-0.1, -0.05) is 47.0 Å². The molecule has 0 amide bonds. The zero-order chi connectivity index (χ0) is 25.1. The third kappa shape index (κ3) is 4.40. The molecular formula is C27H48O6S. The maximum atomic E-state index is 11.8. The van der Waals surface area contributed by atoms with Crippen molar-refractivity contribution in [2.45, 2.75) is 110 Å². The number of aliphatic hydroxyl groups excluding tert-OH is 3. The number of hydrogen-bond donors (Lipinski definition) is 4. The van der Waals surface area contributed by atoms with Gasteiger partial charge in [-0.3, -0.25) is 4.55 Å². The van der Waals surface area contributed by atoms with Crippen LogP contribution in [0, 0.1) is 52.3 Å². The largest absolute Gasteiger partial charge is 0.393 e. The minimum absolute atomic E-state index is 0.0611. The summed E-state index contributed by atoms with van der Waals surface area (Å²) in [6.45, 7) is 9.06. The van der Waals surface area contributed by atoms with E-state index in [4.69, 9.17) is 4.55 Å². The lowest BCUT2D eigenvalue weighted by atomic mass is 9.41. The summed E-state index contributed by atoms with van der Waals surface area (Å²) in [6.07, 6.45) is 7.38. The smallest absolute Gasteiger partial charge is 0.264 e. The van der Waals surface area contributed by atoms with Crippen LogP contribution in [0.3, 0.4) is 0 Å². The maximum absolute atomic E-state index is 11.8. The number of unbranched alkanes of at least 4 members (excludes halogenated alkanes) is 1. The van der Waals surface area contributed by atoms with Crippen molar-refractivity contribution in [3.63, 3.8) is 0 Å². The van der Waals surface area contributed by atoms with E-state index in [1.807, 2.05) is 0 Å². The minimum Gasteiger partial charge on any atom is -0.393 e. The van der Waals surface area contributed by atoms with Gasteiger partial charge in [-0.2, -0.15) is 8.42 Å². The second kappa shape index (κ2) is 9.59. The zero-order valence-corrected chi connectivity index (χ0v) is 22.4. The first-order valence-corrected chi connectivity index (χ1v) is 15.4. The highest BCUT2D eigenvalue weighted by Gasteiger charge is 2.67. The Balaban J connectivity index is 1.56. The maximum Gasteiger partial charge on any atom is 0.264 e. The fourth-order valence-electron chi connectivity index (χ4n) is 9.84. The fraction of sp³-hybridized carbons (Fsp3) is 1.00. The number of rotatable bonds is 7. The Morgan fingerprint density at radius 1 is 0.971 bits per heavy atom. The summed E-state index contributed by atoms with van der Waals surface area (Å²) in [7, 11) is -3.91. The molecule has 34 heavy (non-hydrogen) atoms. The van der Waals surface area contributed by atoms with Gasteiger partial charge in [0, 0.05) is 0 Å². The van der Waals surface area contributed by atoms with Crippen molar-refractivity contribution in [3.8, 4) is 0 Å². The normalized spacial score (nSPS) is 49.7. The van der Waals surface area contributed by atoms with Crippen LogP contribution in [0.1, 0.15) is 91.9 Å². The van der Waals surface area contributed by atoms with E-state index < -0.39 is 16.2 Å². The highest BCUT2D eigenvalue weighted by atomic mass is 32.2. The van der Waals surface area contributed by atoms with Gasteiger partial charge in [0.1, 0.15) is 0 Å². The molecule has 12 atom stereocenters. The fourth-order valence-corrected chi connectivity index (χ4v) is 10.4. The average Bonchev–Trinajstić information content (AvgIpc) is 3.11. The van der Waals surface area contributed by atoms with Gasteiger partial charge in [0.2, 0.25) is 0 Å². The Labute approximate surface area is 206 Å². The number of aliphatic hydroxyl groups is 3. The molecule has 0 aromatic rings. The van der Waals surface area contributed by atoms with E-state index in [0.29, 0.717) is 36.0 Å². The van der Waals surface area contributed by atoms with E-state index in [1.54, 1.807) is 0 Å². The molecule has 0 spiro atoms. The van der Waals surface area contributed by atoms with Crippen LogP contribution in [0.25, 0.3) is 0 Å². The van der Waals surface area contributed by atoms with E-state index >= 15 is 0 Å². The van der Waals surface area contributed by atoms with E-state index in [9.17, 15) is 23.7 Å². The van der Waals surface area contributed by atoms with Crippen LogP contribution in [-0.4, -0.2) is 52.4 Å². The molecule has 4 aliphatic carbocycles. The summed E-state index contributed by atoms with van der Waals surface area (Å²) in [5.41, 5.74) is -0.175. The lowest BCUT2D eigenvalue weighted by Gasteiger charge is -2.65. The van der Waals surface area contributed by atoms with Crippen LogP contribution in [-0.2, 0) is 10.1 Å². The molecule has 4 aliphatic rings. The number of hydrogen-bond acceptors (Lipinski definition) is 5. The Hall–Kier alpha value is -0.210. The van der Waals surface area contributed by atoms with Crippen LogP contribution in [0.5, 0.6) is 0 Å². The molecule has 0 heterocycles. The third-order valence-corrected chi connectivity index (χ3v) is 12.4. The first-order valence-electron chi connectivity index (χ1n) is 13.8. The first-order chi connectivity index (χ1) is 15.8. The van der Waals surface area contributed by atoms with Crippen LogP contribution in [0.4, 0.5) is 0 Å². The van der Waals surface area contributed by atoms with Crippen LogP contribution >= 0.6 is 0 Å². The van der Waals surface area contributed by atoms with Crippen LogP contribution < -0.4 is 0 Å². The summed E-state index contributed by atoms with van der Waals surface area (Å²) in [4.78, 5) is 0. The SMILES string of the molecule is CC[C@H]1[C@@H](O)C2C3CC[C@H]([C@H](C)CCCCS(=O)(=O)O)[C@@]3(C)[C@@H](O)CC2[C@@]2(C)CC[C@@H](O)C[C@@H]12. The van der Waals surface area contributed by atoms with Crippen molar-refractivity contribution in [2.75, 3.05) is 5.75 Å². The molecule has 0 bridgehead atoms. The molecule has 3 unspecified atom stereocenters. The van der Waals surface area contributed by atoms with Gasteiger partial charge in [0.05, 0.1) is 24.1 Å². The molecule has 7 heteroatoms. The van der Waals surface area contributed by atoms with E-state index in [1.165, 1.54) is 0 Å². The molecule has 0 aliphatic heterocycles. The molecule has 0 aromatic heterocycles. The van der Waals surface area contributed by atoms with Gasteiger partial charge in [-0.15, -0.1) is 0 Å². The summed E-state index contributed by atoms with van der Waals surface area (Å²) in [5.74, 6) is 1.83. The summed E-state index contributed by atoms with van der Waals surface area (Å²) in [6, 6.07) is 0. The molecule has 0 radical (unpaired) electrons. The Morgan fingerprint density at radius 3 is 2.32 bits per heavy atom. The van der Waals surface area contributed by atoms with Crippen molar-refractivity contribution in [1.82, 2.24) is 0 Å². The van der Waals surface area contributed by atoms with E-state index in [0.717, 1.165) is 57.8 Å². The van der Waals surface area contributed by atoms with Crippen molar-refractivity contribution in [3.05, 3.63) is 0 Å². The van der Waals surface area contributed by atoms with Gasteiger partial charge in [0.25, 0.3) is 10.1 Å². The molecule has 198 valence electrons. The minimum atomic E-state index is -3.91. The summed E-state index contributed by atoms with van der Waals surface area (Å²) in [5, 5.41) is 33.9. The van der Waals surface area contributed by atoms with Gasteiger partial charge in [-0.25, -0.2) is 0 Å². The van der Waals surface area contributed by atoms with Crippen molar-refractivity contribution >= 4 is 10.1 Å². The molecule has 6 nitrogen and oxygen atoms in total. The van der Waals surface area contributed by atoms with Gasteiger partial charge in [-0.05, 0) is 97.2 Å².